The van der Waals surface area contributed by atoms with Gasteiger partial charge in [-0.25, -0.2) is 0 Å². The van der Waals surface area contributed by atoms with Gasteiger partial charge in [-0.05, 0) is 12.2 Å². The fraction of sp³-hybridized carbons (Fsp3) is 0.429. The normalized spacial score (nSPS) is 20.8. The summed E-state index contributed by atoms with van der Waals surface area (Å²) in [5, 5.41) is 0. The van der Waals surface area contributed by atoms with Crippen LogP contribution in [-0.4, -0.2) is 19.5 Å². The van der Waals surface area contributed by atoms with Crippen LogP contribution >= 0.6 is 0 Å². The minimum atomic E-state index is -0.207. The molecule has 0 aromatic rings. The summed E-state index contributed by atoms with van der Waals surface area (Å²) in [6.07, 6.45) is 8.05. The van der Waals surface area contributed by atoms with Crippen molar-refractivity contribution in [2.75, 3.05) is 13.2 Å². The molecule has 0 aromatic carbocycles. The van der Waals surface area contributed by atoms with Crippen LogP contribution in [0.3, 0.4) is 0 Å². The quantitative estimate of drug-likeness (QED) is 0.475. The summed E-state index contributed by atoms with van der Waals surface area (Å²) in [5.41, 5.74) is 0. The van der Waals surface area contributed by atoms with Gasteiger partial charge < -0.3 is 9.47 Å². The molecule has 1 aliphatic heterocycles. The van der Waals surface area contributed by atoms with E-state index in [0.29, 0.717) is 13.2 Å². The standard InChI is InChI=1S/C7H8O2/c1-2-3-4-7-8-5-6-9-7/h1,3-4,7H,5-6H2/b4-3+. The Balaban J connectivity index is 2.28. The molecule has 2 nitrogen and oxygen atoms in total. The summed E-state index contributed by atoms with van der Waals surface area (Å²) < 4.78 is 10.1. The maximum absolute atomic E-state index is 5.05. The molecule has 0 aromatic heterocycles. The Morgan fingerprint density at radius 3 is 2.67 bits per heavy atom. The second-order valence-corrected chi connectivity index (χ2v) is 1.64. The second kappa shape index (κ2) is 3.29. The molecule has 9 heavy (non-hydrogen) atoms. The molecule has 0 spiro atoms. The molecule has 1 saturated heterocycles. The van der Waals surface area contributed by atoms with E-state index in [0.717, 1.165) is 0 Å². The van der Waals surface area contributed by atoms with Gasteiger partial charge in [-0.15, -0.1) is 6.42 Å². The Morgan fingerprint density at radius 2 is 2.11 bits per heavy atom. The molecule has 0 N–H and O–H groups in total. The highest BCUT2D eigenvalue weighted by Gasteiger charge is 2.10. The van der Waals surface area contributed by atoms with Crippen LogP contribution in [0.1, 0.15) is 0 Å². The number of hydrogen-bond acceptors (Lipinski definition) is 2. The number of hydrogen-bond donors (Lipinski definition) is 0. The molecule has 1 heterocycles. The molecule has 0 radical (unpaired) electrons. The van der Waals surface area contributed by atoms with E-state index >= 15 is 0 Å². The van der Waals surface area contributed by atoms with E-state index in [1.54, 1.807) is 12.2 Å². The molecule has 1 fully saturated rings. The lowest BCUT2D eigenvalue weighted by molar-refractivity contribution is -0.00149. The summed E-state index contributed by atoms with van der Waals surface area (Å²) in [6, 6.07) is 0. The average Bonchev–Trinajstić information content (AvgIpc) is 2.34. The molecule has 48 valence electrons. The van der Waals surface area contributed by atoms with Gasteiger partial charge in [-0.2, -0.15) is 0 Å². The molecule has 0 saturated carbocycles. The molecule has 2 heteroatoms. The molecule has 0 bridgehead atoms. The van der Waals surface area contributed by atoms with Crippen molar-refractivity contribution in [3.05, 3.63) is 12.2 Å². The number of rotatable bonds is 1. The highest BCUT2D eigenvalue weighted by molar-refractivity contribution is 5.09. The third-order valence-electron chi connectivity index (χ3n) is 0.997. The van der Waals surface area contributed by atoms with E-state index in [9.17, 15) is 0 Å². The highest BCUT2D eigenvalue weighted by Crippen LogP contribution is 2.03. The van der Waals surface area contributed by atoms with Gasteiger partial charge in [0.05, 0.1) is 13.2 Å². The number of ether oxygens (including phenoxy) is 2. The van der Waals surface area contributed by atoms with Crippen molar-refractivity contribution in [2.45, 2.75) is 6.29 Å². The van der Waals surface area contributed by atoms with Crippen molar-refractivity contribution >= 4 is 0 Å². The Bertz CT molecular complexity index is 137. The molecule has 0 atom stereocenters. The van der Waals surface area contributed by atoms with E-state index in [2.05, 4.69) is 5.92 Å². The van der Waals surface area contributed by atoms with Crippen molar-refractivity contribution < 1.29 is 9.47 Å². The second-order valence-electron chi connectivity index (χ2n) is 1.64. The Morgan fingerprint density at radius 1 is 1.44 bits per heavy atom. The van der Waals surface area contributed by atoms with Crippen molar-refractivity contribution in [3.63, 3.8) is 0 Å². The largest absolute Gasteiger partial charge is 0.347 e. The van der Waals surface area contributed by atoms with Crippen LogP contribution < -0.4 is 0 Å². The van der Waals surface area contributed by atoms with E-state index in [-0.39, 0.29) is 6.29 Å². The van der Waals surface area contributed by atoms with Crippen molar-refractivity contribution in [3.8, 4) is 12.3 Å². The fourth-order valence-electron chi connectivity index (χ4n) is 0.622. The van der Waals surface area contributed by atoms with Crippen LogP contribution in [-0.2, 0) is 9.47 Å². The lowest BCUT2D eigenvalue weighted by atomic mass is 10.5. The Labute approximate surface area is 54.5 Å². The third-order valence-corrected chi connectivity index (χ3v) is 0.997. The van der Waals surface area contributed by atoms with Crippen LogP contribution in [0.5, 0.6) is 0 Å². The maximum atomic E-state index is 5.05. The van der Waals surface area contributed by atoms with E-state index < -0.39 is 0 Å². The SMILES string of the molecule is C#C/C=C/C1OCCO1. The number of allylic oxidation sites excluding steroid dienone is 1. The first-order valence-corrected chi connectivity index (χ1v) is 2.79. The van der Waals surface area contributed by atoms with Crippen molar-refractivity contribution in [2.24, 2.45) is 0 Å². The van der Waals surface area contributed by atoms with Gasteiger partial charge >= 0.3 is 0 Å². The molecular weight excluding hydrogens is 116 g/mol. The Kier molecular flexibility index (Phi) is 2.32. The number of terminal acetylenes is 1. The van der Waals surface area contributed by atoms with Gasteiger partial charge in [-0.3, -0.25) is 0 Å². The fourth-order valence-corrected chi connectivity index (χ4v) is 0.622. The zero-order valence-electron chi connectivity index (χ0n) is 5.04. The summed E-state index contributed by atoms with van der Waals surface area (Å²) in [7, 11) is 0. The van der Waals surface area contributed by atoms with Crippen LogP contribution in [0.15, 0.2) is 12.2 Å². The lowest BCUT2D eigenvalue weighted by Gasteiger charge is -1.98. The van der Waals surface area contributed by atoms with Crippen LogP contribution in [0, 0.1) is 12.3 Å². The minimum Gasteiger partial charge on any atom is -0.347 e. The van der Waals surface area contributed by atoms with Crippen molar-refractivity contribution in [1.29, 1.82) is 0 Å². The smallest absolute Gasteiger partial charge is 0.177 e. The lowest BCUT2D eigenvalue weighted by Crippen LogP contribution is -2.01. The monoisotopic (exact) mass is 124 g/mol. The molecular formula is C7H8O2. The van der Waals surface area contributed by atoms with E-state index in [1.807, 2.05) is 0 Å². The molecule has 1 rings (SSSR count). The topological polar surface area (TPSA) is 18.5 Å². The van der Waals surface area contributed by atoms with E-state index in [4.69, 9.17) is 15.9 Å². The maximum Gasteiger partial charge on any atom is 0.177 e. The summed E-state index contributed by atoms with van der Waals surface area (Å²) in [4.78, 5) is 0. The van der Waals surface area contributed by atoms with E-state index in [1.165, 1.54) is 0 Å². The molecule has 0 aliphatic carbocycles. The summed E-state index contributed by atoms with van der Waals surface area (Å²) >= 11 is 0. The van der Waals surface area contributed by atoms with Gasteiger partial charge in [0.2, 0.25) is 0 Å². The first-order chi connectivity index (χ1) is 4.43. The van der Waals surface area contributed by atoms with Crippen LogP contribution in [0.4, 0.5) is 0 Å². The zero-order valence-corrected chi connectivity index (χ0v) is 5.04. The molecule has 1 aliphatic rings. The van der Waals surface area contributed by atoms with Gasteiger partial charge in [0, 0.05) is 0 Å². The first kappa shape index (κ1) is 6.34. The van der Waals surface area contributed by atoms with Crippen molar-refractivity contribution in [1.82, 2.24) is 0 Å². The molecule has 0 unspecified atom stereocenters. The van der Waals surface area contributed by atoms with Gasteiger partial charge in [0.25, 0.3) is 0 Å². The van der Waals surface area contributed by atoms with Gasteiger partial charge in [0.15, 0.2) is 6.29 Å². The van der Waals surface area contributed by atoms with Gasteiger partial charge in [-0.1, -0.05) is 5.92 Å². The summed E-state index contributed by atoms with van der Waals surface area (Å²) in [6.45, 7) is 1.33. The van der Waals surface area contributed by atoms with Crippen LogP contribution in [0.25, 0.3) is 0 Å². The predicted octanol–water partition coefficient (Wildman–Crippen LogP) is 0.549. The van der Waals surface area contributed by atoms with Crippen LogP contribution in [0.2, 0.25) is 0 Å². The molecule has 0 amide bonds. The Hall–Kier alpha value is -0.780. The minimum absolute atomic E-state index is 0.207. The first-order valence-electron chi connectivity index (χ1n) is 2.79. The van der Waals surface area contributed by atoms with Gasteiger partial charge in [0.1, 0.15) is 0 Å². The zero-order chi connectivity index (χ0) is 6.53. The third kappa shape index (κ3) is 1.88. The predicted molar refractivity (Wildman–Crippen MR) is 33.7 cm³/mol. The average molecular weight is 124 g/mol. The highest BCUT2D eigenvalue weighted by atomic mass is 16.7. The summed E-state index contributed by atoms with van der Waals surface area (Å²) in [5.74, 6) is 2.35.